The highest BCUT2D eigenvalue weighted by Gasteiger charge is 2.39. The number of amides is 2. The normalized spacial score (nSPS) is 13.5. The molecule has 0 radical (unpaired) electrons. The lowest BCUT2D eigenvalue weighted by Gasteiger charge is -2.25. The summed E-state index contributed by atoms with van der Waals surface area (Å²) < 4.78 is 26.7. The van der Waals surface area contributed by atoms with Crippen LogP contribution in [-0.2, 0) is 12.8 Å². The average Bonchev–Trinajstić information content (AvgIpc) is 3.30. The number of hydrogen-bond acceptors (Lipinski definition) is 7. The van der Waals surface area contributed by atoms with Gasteiger partial charge in [0.2, 0.25) is 0 Å². The second-order valence-electron chi connectivity index (χ2n) is 11.2. The highest BCUT2D eigenvalue weighted by molar-refractivity contribution is 6.21. The summed E-state index contributed by atoms with van der Waals surface area (Å²) in [4.78, 5) is 36.1. The predicted molar refractivity (Wildman–Crippen MR) is 178 cm³/mol. The number of nitrogens with two attached hydrogens (primary N) is 3. The van der Waals surface area contributed by atoms with Crippen molar-refractivity contribution >= 4 is 33.6 Å². The zero-order chi connectivity index (χ0) is 33.5. The van der Waals surface area contributed by atoms with Gasteiger partial charge in [0, 0.05) is 40.3 Å². The van der Waals surface area contributed by atoms with E-state index in [4.69, 9.17) is 5.73 Å². The fourth-order valence-corrected chi connectivity index (χ4v) is 5.72. The van der Waals surface area contributed by atoms with E-state index in [1.165, 1.54) is 29.2 Å². The quantitative estimate of drug-likeness (QED) is 0.102. The van der Waals surface area contributed by atoms with Crippen molar-refractivity contribution < 1.29 is 18.4 Å². The van der Waals surface area contributed by atoms with Crippen molar-refractivity contribution in [2.75, 3.05) is 0 Å². The molecule has 2 amide bonds. The Morgan fingerprint density at radius 3 is 1.57 bits per heavy atom. The number of hydrogen-bond donors (Lipinski definition) is 3. The van der Waals surface area contributed by atoms with Crippen LogP contribution in [-0.4, -0.2) is 26.7 Å². The van der Waals surface area contributed by atoms with E-state index >= 15 is 0 Å². The molecule has 0 aliphatic carbocycles. The van der Waals surface area contributed by atoms with E-state index in [0.29, 0.717) is 28.6 Å². The number of aromatic nitrogens is 2. The molecule has 1 aliphatic heterocycles. The fourth-order valence-electron chi connectivity index (χ4n) is 5.72. The number of pyridine rings is 2. The third-order valence-electron chi connectivity index (χ3n) is 7.91. The first-order valence-electron chi connectivity index (χ1n) is 15.4. The number of nitrogens with zero attached hydrogens (tertiary/aromatic N) is 3. The molecular formula is C36H40F2N6O2. The number of carbonyl (C=O) groups is 2. The van der Waals surface area contributed by atoms with E-state index < -0.39 is 6.04 Å². The molecule has 0 saturated heterocycles. The molecule has 3 aromatic carbocycles. The van der Waals surface area contributed by atoms with Crippen LogP contribution in [0.5, 0.6) is 0 Å². The van der Waals surface area contributed by atoms with Gasteiger partial charge in [0.1, 0.15) is 11.6 Å². The molecule has 5 aromatic rings. The SMILES string of the molecule is CCCc1nc2cc(F)ccc2cc1[C@H](C)N.CCCc1nc2cc(F)ccc2cc1[C@H](C)N1C(=O)c2ccccc2C1=O.NN. The van der Waals surface area contributed by atoms with Crippen LogP contribution < -0.4 is 17.4 Å². The monoisotopic (exact) mass is 626 g/mol. The van der Waals surface area contributed by atoms with E-state index in [2.05, 4.69) is 28.6 Å². The number of fused-ring (bicyclic) bond motifs is 3. The Balaban J connectivity index is 0.000000218. The molecule has 0 unspecified atom stereocenters. The maximum absolute atomic E-state index is 13.6. The van der Waals surface area contributed by atoms with Gasteiger partial charge in [0.05, 0.1) is 28.2 Å². The summed E-state index contributed by atoms with van der Waals surface area (Å²) in [5, 5.41) is 1.73. The van der Waals surface area contributed by atoms with E-state index in [1.54, 1.807) is 36.4 Å². The van der Waals surface area contributed by atoms with Crippen LogP contribution in [0.25, 0.3) is 21.8 Å². The summed E-state index contributed by atoms with van der Waals surface area (Å²) in [7, 11) is 0. The molecule has 1 aliphatic rings. The summed E-state index contributed by atoms with van der Waals surface area (Å²) in [5.41, 5.74) is 11.8. The number of aryl methyl sites for hydroxylation is 2. The summed E-state index contributed by atoms with van der Waals surface area (Å²) in [6, 6.07) is 19.5. The minimum Gasteiger partial charge on any atom is -0.324 e. The Hall–Kier alpha value is -4.64. The molecule has 0 fully saturated rings. The zero-order valence-corrected chi connectivity index (χ0v) is 26.6. The minimum atomic E-state index is -0.457. The van der Waals surface area contributed by atoms with Crippen molar-refractivity contribution in [3.63, 3.8) is 0 Å². The van der Waals surface area contributed by atoms with E-state index in [9.17, 15) is 18.4 Å². The topological polar surface area (TPSA) is 141 Å². The van der Waals surface area contributed by atoms with Crippen molar-refractivity contribution in [2.45, 2.75) is 65.5 Å². The second kappa shape index (κ2) is 15.1. The highest BCUT2D eigenvalue weighted by atomic mass is 19.1. The number of benzene rings is 3. The third-order valence-corrected chi connectivity index (χ3v) is 7.91. The van der Waals surface area contributed by atoms with Gasteiger partial charge in [-0.3, -0.25) is 36.1 Å². The summed E-state index contributed by atoms with van der Waals surface area (Å²) in [6.07, 6.45) is 3.43. The lowest BCUT2D eigenvalue weighted by molar-refractivity contribution is 0.0594. The molecular weight excluding hydrogens is 586 g/mol. The maximum atomic E-state index is 13.6. The molecule has 2 aromatic heterocycles. The molecule has 0 saturated carbocycles. The lowest BCUT2D eigenvalue weighted by Crippen LogP contribution is -2.33. The molecule has 46 heavy (non-hydrogen) atoms. The smallest absolute Gasteiger partial charge is 0.262 e. The Morgan fingerprint density at radius 1 is 0.696 bits per heavy atom. The summed E-state index contributed by atoms with van der Waals surface area (Å²) in [6.45, 7) is 7.93. The van der Waals surface area contributed by atoms with Gasteiger partial charge in [0.25, 0.3) is 11.8 Å². The van der Waals surface area contributed by atoms with Crippen molar-refractivity contribution in [3.05, 3.63) is 118 Å². The van der Waals surface area contributed by atoms with E-state index in [1.807, 2.05) is 32.9 Å². The lowest BCUT2D eigenvalue weighted by atomic mass is 9.99. The van der Waals surface area contributed by atoms with Crippen LogP contribution in [0.3, 0.4) is 0 Å². The van der Waals surface area contributed by atoms with Gasteiger partial charge in [-0.2, -0.15) is 0 Å². The minimum absolute atomic E-state index is 0.0431. The molecule has 6 rings (SSSR count). The van der Waals surface area contributed by atoms with Crippen LogP contribution in [0.15, 0.2) is 72.8 Å². The molecule has 3 heterocycles. The van der Waals surface area contributed by atoms with Gasteiger partial charge in [-0.1, -0.05) is 38.8 Å². The van der Waals surface area contributed by atoms with Gasteiger partial charge >= 0.3 is 0 Å². The van der Waals surface area contributed by atoms with Gasteiger partial charge in [0.15, 0.2) is 0 Å². The van der Waals surface area contributed by atoms with Crippen LogP contribution in [0.1, 0.15) is 95.9 Å². The third kappa shape index (κ3) is 7.09. The largest absolute Gasteiger partial charge is 0.324 e. The number of hydrazine groups is 1. The van der Waals surface area contributed by atoms with Crippen molar-refractivity contribution in [3.8, 4) is 0 Å². The predicted octanol–water partition coefficient (Wildman–Crippen LogP) is 6.85. The first kappa shape index (κ1) is 34.2. The summed E-state index contributed by atoms with van der Waals surface area (Å²) >= 11 is 0. The van der Waals surface area contributed by atoms with Crippen molar-refractivity contribution in [1.29, 1.82) is 0 Å². The number of halogens is 2. The zero-order valence-electron chi connectivity index (χ0n) is 26.6. The van der Waals surface area contributed by atoms with Gasteiger partial charge in [-0.05, 0) is 86.3 Å². The van der Waals surface area contributed by atoms with Crippen LogP contribution in [0.4, 0.5) is 8.78 Å². The van der Waals surface area contributed by atoms with Crippen LogP contribution in [0, 0.1) is 11.6 Å². The molecule has 240 valence electrons. The molecule has 2 atom stereocenters. The number of carbonyl (C=O) groups excluding carboxylic acids is 2. The van der Waals surface area contributed by atoms with Crippen molar-refractivity contribution in [2.24, 2.45) is 17.4 Å². The van der Waals surface area contributed by atoms with Gasteiger partial charge in [-0.15, -0.1) is 0 Å². The fraction of sp³-hybridized carbons (Fsp3) is 0.278. The Labute approximate surface area is 267 Å². The second-order valence-corrected chi connectivity index (χ2v) is 11.2. The maximum Gasteiger partial charge on any atom is 0.262 e. The van der Waals surface area contributed by atoms with E-state index in [0.717, 1.165) is 52.5 Å². The first-order chi connectivity index (χ1) is 22.1. The van der Waals surface area contributed by atoms with Crippen LogP contribution >= 0.6 is 0 Å². The average molecular weight is 627 g/mol. The summed E-state index contributed by atoms with van der Waals surface area (Å²) in [5.74, 6) is 6.84. The van der Waals surface area contributed by atoms with Crippen LogP contribution in [0.2, 0.25) is 0 Å². The molecule has 6 N–H and O–H groups in total. The van der Waals surface area contributed by atoms with E-state index in [-0.39, 0.29) is 29.5 Å². The Bertz CT molecular complexity index is 1840. The number of rotatable bonds is 7. The Kier molecular flexibility index (Phi) is 11.2. The van der Waals surface area contributed by atoms with Gasteiger partial charge in [-0.25, -0.2) is 8.78 Å². The molecule has 10 heteroatoms. The van der Waals surface area contributed by atoms with Crippen molar-refractivity contribution in [1.82, 2.24) is 14.9 Å². The molecule has 0 bridgehead atoms. The molecule has 8 nitrogen and oxygen atoms in total. The standard InChI is InChI=1S/C22H19FN2O2.C14H17FN2.H4N2/c1-3-6-19-18(11-14-9-10-15(23)12-20(14)24-19)13(2)25-21(26)16-7-4-5-8-17(16)22(25)27;1-3-4-13-12(9(2)16)7-10-5-6-11(15)8-14(10)17-13;1-2/h4-5,7-13H,3,6H2,1-2H3;5-9H,3-4,16H2,1-2H3;1-2H2/t13-;9-;/m00./s1. The number of imide groups is 1. The first-order valence-corrected chi connectivity index (χ1v) is 15.4. The molecule has 0 spiro atoms. The van der Waals surface area contributed by atoms with Gasteiger partial charge < -0.3 is 5.73 Å². The Morgan fingerprint density at radius 2 is 1.13 bits per heavy atom. The highest BCUT2D eigenvalue weighted by Crippen LogP contribution is 2.34.